The van der Waals surface area contributed by atoms with Gasteiger partial charge in [-0.3, -0.25) is 14.4 Å². The lowest BCUT2D eigenvalue weighted by Gasteiger charge is -2.18. The number of carbonyl (C=O) groups is 3. The molecular weight excluding hydrogens is 612 g/mol. The summed E-state index contributed by atoms with van der Waals surface area (Å²) >= 11 is 0. The van der Waals surface area contributed by atoms with Crippen molar-refractivity contribution >= 4 is 17.9 Å². The van der Waals surface area contributed by atoms with Gasteiger partial charge in [0.25, 0.3) is 0 Å². The van der Waals surface area contributed by atoms with Crippen molar-refractivity contribution in [3.8, 4) is 0 Å². The van der Waals surface area contributed by atoms with Crippen LogP contribution in [0.1, 0.15) is 233 Å². The van der Waals surface area contributed by atoms with Crippen LogP contribution in [-0.4, -0.2) is 37.2 Å². The highest BCUT2D eigenvalue weighted by atomic mass is 16.6. The van der Waals surface area contributed by atoms with E-state index in [1.165, 1.54) is 122 Å². The maximum atomic E-state index is 12.6. The highest BCUT2D eigenvalue weighted by molar-refractivity contribution is 5.71. The van der Waals surface area contributed by atoms with Crippen LogP contribution in [0.15, 0.2) is 0 Å². The van der Waals surface area contributed by atoms with Crippen LogP contribution in [0.3, 0.4) is 0 Å². The van der Waals surface area contributed by atoms with Gasteiger partial charge in [0, 0.05) is 19.3 Å². The average Bonchev–Trinajstić information content (AvgIpc) is 3.08. The van der Waals surface area contributed by atoms with Crippen LogP contribution in [0.2, 0.25) is 0 Å². The lowest BCUT2D eigenvalue weighted by Crippen LogP contribution is -2.30. The number of rotatable bonds is 38. The van der Waals surface area contributed by atoms with E-state index in [0.717, 1.165) is 70.1 Å². The first-order valence-electron chi connectivity index (χ1n) is 21.4. The van der Waals surface area contributed by atoms with E-state index < -0.39 is 6.10 Å². The first-order chi connectivity index (χ1) is 23.9. The Morgan fingerprint density at radius 1 is 0.388 bits per heavy atom. The molecule has 6 nitrogen and oxygen atoms in total. The first-order valence-corrected chi connectivity index (χ1v) is 21.4. The molecular formula is C43H82O6. The zero-order chi connectivity index (χ0) is 36.0. The molecule has 0 aromatic carbocycles. The predicted molar refractivity (Wildman–Crippen MR) is 206 cm³/mol. The predicted octanol–water partition coefficient (Wildman–Crippen LogP) is 13.2. The van der Waals surface area contributed by atoms with Gasteiger partial charge in [0.1, 0.15) is 13.2 Å². The largest absolute Gasteiger partial charge is 0.462 e. The third-order valence-electron chi connectivity index (χ3n) is 9.54. The molecule has 0 aromatic rings. The summed E-state index contributed by atoms with van der Waals surface area (Å²) in [6.07, 6.45) is 35.4. The molecule has 0 fully saturated rings. The maximum absolute atomic E-state index is 12.6. The van der Waals surface area contributed by atoms with Crippen molar-refractivity contribution in [3.63, 3.8) is 0 Å². The fraction of sp³-hybridized carbons (Fsp3) is 0.930. The van der Waals surface area contributed by atoms with Crippen LogP contribution in [0.4, 0.5) is 0 Å². The van der Waals surface area contributed by atoms with Gasteiger partial charge in [-0.05, 0) is 25.2 Å². The molecule has 0 heterocycles. The Balaban J connectivity index is 4.22. The molecule has 0 spiro atoms. The third-order valence-corrected chi connectivity index (χ3v) is 9.54. The summed E-state index contributed by atoms with van der Waals surface area (Å²) in [4.78, 5) is 37.4. The van der Waals surface area contributed by atoms with Crippen molar-refractivity contribution in [1.29, 1.82) is 0 Å². The molecule has 1 atom stereocenters. The lowest BCUT2D eigenvalue weighted by molar-refractivity contribution is -0.167. The van der Waals surface area contributed by atoms with Crippen LogP contribution < -0.4 is 0 Å². The second kappa shape index (κ2) is 37.7. The van der Waals surface area contributed by atoms with E-state index in [9.17, 15) is 14.4 Å². The maximum Gasteiger partial charge on any atom is 0.306 e. The third kappa shape index (κ3) is 37.5. The quantitative estimate of drug-likeness (QED) is 0.0364. The molecule has 0 aliphatic rings. The summed E-state index contributed by atoms with van der Waals surface area (Å²) in [5.74, 6) is -0.0638. The van der Waals surface area contributed by atoms with E-state index in [1.54, 1.807) is 0 Å². The summed E-state index contributed by atoms with van der Waals surface area (Å²) < 4.78 is 16.6. The highest BCUT2D eigenvalue weighted by Crippen LogP contribution is 2.16. The fourth-order valence-corrected chi connectivity index (χ4v) is 6.27. The second-order valence-corrected chi connectivity index (χ2v) is 15.1. The van der Waals surface area contributed by atoms with Crippen LogP contribution >= 0.6 is 0 Å². The molecule has 0 aliphatic carbocycles. The molecule has 0 radical (unpaired) electrons. The smallest absolute Gasteiger partial charge is 0.306 e. The first kappa shape index (κ1) is 47.4. The molecule has 0 N–H and O–H groups in total. The molecule has 0 rings (SSSR count). The van der Waals surface area contributed by atoms with Crippen molar-refractivity contribution in [2.24, 2.45) is 5.92 Å². The molecule has 0 aromatic heterocycles. The second-order valence-electron chi connectivity index (χ2n) is 15.1. The number of hydrogen-bond acceptors (Lipinski definition) is 6. The Bertz CT molecular complexity index is 736. The van der Waals surface area contributed by atoms with E-state index in [0.29, 0.717) is 19.3 Å². The number of unbranched alkanes of at least 4 members (excludes halogenated alkanes) is 25. The van der Waals surface area contributed by atoms with Crippen molar-refractivity contribution in [1.82, 2.24) is 0 Å². The minimum atomic E-state index is -0.757. The molecule has 0 unspecified atom stereocenters. The van der Waals surface area contributed by atoms with Crippen LogP contribution in [-0.2, 0) is 28.6 Å². The van der Waals surface area contributed by atoms with Gasteiger partial charge in [0.2, 0.25) is 0 Å². The molecule has 0 bridgehead atoms. The minimum Gasteiger partial charge on any atom is -0.462 e. The molecule has 0 saturated heterocycles. The van der Waals surface area contributed by atoms with E-state index in [2.05, 4.69) is 27.7 Å². The monoisotopic (exact) mass is 695 g/mol. The van der Waals surface area contributed by atoms with Crippen molar-refractivity contribution < 1.29 is 28.6 Å². The Kier molecular flexibility index (Phi) is 36.4. The van der Waals surface area contributed by atoms with Gasteiger partial charge >= 0.3 is 17.9 Å². The molecule has 6 heteroatoms. The normalized spacial score (nSPS) is 11.9. The lowest BCUT2D eigenvalue weighted by atomic mass is 10.0. The van der Waals surface area contributed by atoms with Gasteiger partial charge in [-0.2, -0.15) is 0 Å². The van der Waals surface area contributed by atoms with E-state index >= 15 is 0 Å². The summed E-state index contributed by atoms with van der Waals surface area (Å²) in [5.41, 5.74) is 0. The Morgan fingerprint density at radius 2 is 0.673 bits per heavy atom. The summed E-state index contributed by atoms with van der Waals surface area (Å²) in [6.45, 7) is 8.88. The average molecular weight is 695 g/mol. The molecule has 0 amide bonds. The van der Waals surface area contributed by atoms with Gasteiger partial charge in [-0.1, -0.05) is 195 Å². The SMILES string of the molecule is CCCCCCCCCCCCCCCCC(=O)O[C@H](COC(=O)CCCCCCC)COC(=O)CCCCCCCCCCCC(C)C. The molecule has 0 aliphatic heterocycles. The van der Waals surface area contributed by atoms with Crippen LogP contribution in [0.25, 0.3) is 0 Å². The fourth-order valence-electron chi connectivity index (χ4n) is 6.27. The Morgan fingerprint density at radius 3 is 1.00 bits per heavy atom. The minimum absolute atomic E-state index is 0.0656. The molecule has 290 valence electrons. The van der Waals surface area contributed by atoms with E-state index in [1.807, 2.05) is 0 Å². The Labute approximate surface area is 304 Å². The summed E-state index contributed by atoms with van der Waals surface area (Å²) in [6, 6.07) is 0. The van der Waals surface area contributed by atoms with Gasteiger partial charge < -0.3 is 14.2 Å². The summed E-state index contributed by atoms with van der Waals surface area (Å²) in [7, 11) is 0. The number of hydrogen-bond donors (Lipinski definition) is 0. The Hall–Kier alpha value is -1.59. The number of carbonyl (C=O) groups excluding carboxylic acids is 3. The van der Waals surface area contributed by atoms with E-state index in [4.69, 9.17) is 14.2 Å². The number of ether oxygens (including phenoxy) is 3. The zero-order valence-corrected chi connectivity index (χ0v) is 33.1. The van der Waals surface area contributed by atoms with Crippen molar-refractivity contribution in [2.75, 3.05) is 13.2 Å². The van der Waals surface area contributed by atoms with E-state index in [-0.39, 0.29) is 31.1 Å². The zero-order valence-electron chi connectivity index (χ0n) is 33.1. The highest BCUT2D eigenvalue weighted by Gasteiger charge is 2.19. The van der Waals surface area contributed by atoms with Crippen molar-refractivity contribution in [3.05, 3.63) is 0 Å². The summed E-state index contributed by atoms with van der Waals surface area (Å²) in [5, 5.41) is 0. The van der Waals surface area contributed by atoms with Crippen LogP contribution in [0.5, 0.6) is 0 Å². The van der Waals surface area contributed by atoms with Gasteiger partial charge in [0.15, 0.2) is 6.10 Å². The van der Waals surface area contributed by atoms with Crippen molar-refractivity contribution in [2.45, 2.75) is 239 Å². The standard InChI is InChI=1S/C43H82O6/c1-5-7-9-11-12-13-14-15-16-17-20-24-28-32-36-43(46)49-40(37-47-41(44)34-30-25-10-8-6-2)38-48-42(45)35-31-27-23-21-18-19-22-26-29-33-39(3)4/h39-40H,5-38H2,1-4H3/t40-/m1/s1. The van der Waals surface area contributed by atoms with Gasteiger partial charge in [-0.25, -0.2) is 0 Å². The van der Waals surface area contributed by atoms with Gasteiger partial charge in [-0.15, -0.1) is 0 Å². The number of esters is 3. The topological polar surface area (TPSA) is 78.9 Å². The molecule has 49 heavy (non-hydrogen) atoms. The van der Waals surface area contributed by atoms with Gasteiger partial charge in [0.05, 0.1) is 0 Å². The molecule has 0 saturated carbocycles. The van der Waals surface area contributed by atoms with Crippen LogP contribution in [0, 0.1) is 5.92 Å².